The summed E-state index contributed by atoms with van der Waals surface area (Å²) in [5, 5.41) is 11.9. The Morgan fingerprint density at radius 2 is 1.95 bits per heavy atom. The Labute approximate surface area is 127 Å². The molecule has 0 bridgehead atoms. The van der Waals surface area contributed by atoms with Crippen molar-refractivity contribution in [2.75, 3.05) is 6.61 Å². The Morgan fingerprint density at radius 3 is 2.50 bits per heavy atom. The van der Waals surface area contributed by atoms with Crippen LogP contribution in [0.4, 0.5) is 0 Å². The largest absolute Gasteiger partial charge is 0.491 e. The standard InChI is InChI=1S/C16H17NO5/c1-11-13(8-9-21-11)14(18)17-16(2,15(19)20)10-22-12-6-4-3-5-7-12/h3-9H,10H2,1-2H3,(H,17,18)(H,19,20)/t16-/m0/s1. The van der Waals surface area contributed by atoms with E-state index in [4.69, 9.17) is 9.15 Å². The summed E-state index contributed by atoms with van der Waals surface area (Å²) in [6.07, 6.45) is 1.38. The third-order valence-electron chi connectivity index (χ3n) is 3.24. The lowest BCUT2D eigenvalue weighted by molar-refractivity contribution is -0.145. The van der Waals surface area contributed by atoms with E-state index >= 15 is 0 Å². The van der Waals surface area contributed by atoms with Crippen LogP contribution in [0.2, 0.25) is 0 Å². The number of hydrogen-bond acceptors (Lipinski definition) is 4. The molecule has 6 heteroatoms. The normalized spacial score (nSPS) is 13.2. The Kier molecular flexibility index (Phi) is 4.50. The number of amides is 1. The highest BCUT2D eigenvalue weighted by Crippen LogP contribution is 2.15. The molecule has 0 unspecified atom stereocenters. The molecule has 1 aromatic carbocycles. The summed E-state index contributed by atoms with van der Waals surface area (Å²) >= 11 is 0. The fraction of sp³-hybridized carbons (Fsp3) is 0.250. The van der Waals surface area contributed by atoms with Gasteiger partial charge in [0.05, 0.1) is 11.8 Å². The van der Waals surface area contributed by atoms with Gasteiger partial charge < -0.3 is 19.6 Å². The SMILES string of the molecule is Cc1occc1C(=O)N[C@@](C)(COc1ccccc1)C(=O)O. The zero-order valence-electron chi connectivity index (χ0n) is 12.3. The summed E-state index contributed by atoms with van der Waals surface area (Å²) in [7, 11) is 0. The first kappa shape index (κ1) is 15.6. The highest BCUT2D eigenvalue weighted by atomic mass is 16.5. The first-order valence-electron chi connectivity index (χ1n) is 6.70. The van der Waals surface area contributed by atoms with Crippen molar-refractivity contribution in [2.24, 2.45) is 0 Å². The van der Waals surface area contributed by atoms with Gasteiger partial charge in [-0.15, -0.1) is 0 Å². The second-order valence-corrected chi connectivity index (χ2v) is 5.08. The topological polar surface area (TPSA) is 88.8 Å². The molecule has 0 aliphatic rings. The first-order valence-corrected chi connectivity index (χ1v) is 6.70. The van der Waals surface area contributed by atoms with Crippen LogP contribution in [0.25, 0.3) is 0 Å². The zero-order chi connectivity index (χ0) is 16.2. The monoisotopic (exact) mass is 303 g/mol. The molecule has 0 aliphatic heterocycles. The molecule has 2 rings (SSSR count). The third kappa shape index (κ3) is 3.46. The number of rotatable bonds is 6. The smallest absolute Gasteiger partial charge is 0.332 e. The van der Waals surface area contributed by atoms with E-state index in [1.165, 1.54) is 19.3 Å². The fourth-order valence-corrected chi connectivity index (χ4v) is 1.83. The second-order valence-electron chi connectivity index (χ2n) is 5.08. The number of carbonyl (C=O) groups is 2. The Bertz CT molecular complexity index is 664. The quantitative estimate of drug-likeness (QED) is 0.854. The van der Waals surface area contributed by atoms with Crippen molar-refractivity contribution in [3.63, 3.8) is 0 Å². The van der Waals surface area contributed by atoms with Crippen LogP contribution in [0, 0.1) is 6.92 Å². The van der Waals surface area contributed by atoms with E-state index in [-0.39, 0.29) is 6.61 Å². The number of carboxylic acid groups (broad SMARTS) is 1. The van der Waals surface area contributed by atoms with Crippen molar-refractivity contribution >= 4 is 11.9 Å². The van der Waals surface area contributed by atoms with Crippen molar-refractivity contribution in [1.82, 2.24) is 5.32 Å². The molecule has 0 radical (unpaired) electrons. The number of para-hydroxylation sites is 1. The molecule has 0 spiro atoms. The predicted molar refractivity (Wildman–Crippen MR) is 78.9 cm³/mol. The molecule has 22 heavy (non-hydrogen) atoms. The number of furan rings is 1. The number of nitrogens with one attached hydrogen (secondary N) is 1. The van der Waals surface area contributed by atoms with Gasteiger partial charge in [0.15, 0.2) is 5.54 Å². The molecular formula is C16H17NO5. The van der Waals surface area contributed by atoms with E-state index < -0.39 is 17.4 Å². The van der Waals surface area contributed by atoms with Crippen molar-refractivity contribution in [2.45, 2.75) is 19.4 Å². The minimum Gasteiger partial charge on any atom is -0.491 e. The molecule has 116 valence electrons. The number of aliphatic carboxylic acids is 1. The van der Waals surface area contributed by atoms with Gasteiger partial charge in [-0.05, 0) is 32.0 Å². The summed E-state index contributed by atoms with van der Waals surface area (Å²) in [5.74, 6) is -0.747. The molecule has 1 amide bonds. The van der Waals surface area contributed by atoms with E-state index in [0.29, 0.717) is 17.1 Å². The lowest BCUT2D eigenvalue weighted by atomic mass is 10.0. The fourth-order valence-electron chi connectivity index (χ4n) is 1.83. The Hall–Kier alpha value is -2.76. The van der Waals surface area contributed by atoms with Gasteiger partial charge in [-0.2, -0.15) is 0 Å². The summed E-state index contributed by atoms with van der Waals surface area (Å²) in [5.41, 5.74) is -1.26. The van der Waals surface area contributed by atoms with Gasteiger partial charge in [0.2, 0.25) is 0 Å². The summed E-state index contributed by atoms with van der Waals surface area (Å²) in [6.45, 7) is 2.83. The second kappa shape index (κ2) is 6.34. The van der Waals surface area contributed by atoms with Gasteiger partial charge in [-0.3, -0.25) is 4.79 Å². The number of hydrogen-bond donors (Lipinski definition) is 2. The molecule has 2 N–H and O–H groups in total. The van der Waals surface area contributed by atoms with Crippen molar-refractivity contribution < 1.29 is 23.8 Å². The molecule has 1 heterocycles. The Morgan fingerprint density at radius 1 is 1.27 bits per heavy atom. The maximum atomic E-state index is 12.2. The van der Waals surface area contributed by atoms with Crippen LogP contribution in [0.15, 0.2) is 47.1 Å². The van der Waals surface area contributed by atoms with E-state index in [1.54, 1.807) is 31.2 Å². The molecule has 1 aromatic heterocycles. The molecule has 0 aliphatic carbocycles. The molecule has 2 aromatic rings. The maximum Gasteiger partial charge on any atom is 0.332 e. The van der Waals surface area contributed by atoms with Gasteiger partial charge in [-0.1, -0.05) is 18.2 Å². The molecule has 1 atom stereocenters. The van der Waals surface area contributed by atoms with Gasteiger partial charge in [0.1, 0.15) is 18.1 Å². The van der Waals surface area contributed by atoms with Gasteiger partial charge in [0.25, 0.3) is 5.91 Å². The lowest BCUT2D eigenvalue weighted by Gasteiger charge is -2.26. The minimum atomic E-state index is -1.56. The lowest BCUT2D eigenvalue weighted by Crippen LogP contribution is -2.56. The highest BCUT2D eigenvalue weighted by molar-refractivity contribution is 5.98. The summed E-state index contributed by atoms with van der Waals surface area (Å²) in [6, 6.07) is 10.3. The van der Waals surface area contributed by atoms with E-state index in [2.05, 4.69) is 5.32 Å². The first-order chi connectivity index (χ1) is 10.4. The van der Waals surface area contributed by atoms with Crippen LogP contribution in [-0.4, -0.2) is 29.1 Å². The van der Waals surface area contributed by atoms with E-state index in [0.717, 1.165) is 0 Å². The van der Waals surface area contributed by atoms with Crippen molar-refractivity contribution in [3.8, 4) is 5.75 Å². The van der Waals surface area contributed by atoms with Gasteiger partial charge >= 0.3 is 5.97 Å². The van der Waals surface area contributed by atoms with Crippen LogP contribution < -0.4 is 10.1 Å². The van der Waals surface area contributed by atoms with E-state index in [1.807, 2.05) is 6.07 Å². The number of aryl methyl sites for hydroxylation is 1. The average Bonchev–Trinajstić information content (AvgIpc) is 2.92. The van der Waals surface area contributed by atoms with Crippen molar-refractivity contribution in [1.29, 1.82) is 0 Å². The van der Waals surface area contributed by atoms with Gasteiger partial charge in [0, 0.05) is 0 Å². The molecule has 0 saturated carbocycles. The summed E-state index contributed by atoms with van der Waals surface area (Å²) < 4.78 is 10.5. The predicted octanol–water partition coefficient (Wildman–Crippen LogP) is 2.24. The zero-order valence-corrected chi connectivity index (χ0v) is 12.3. The van der Waals surface area contributed by atoms with Crippen LogP contribution >= 0.6 is 0 Å². The van der Waals surface area contributed by atoms with Crippen molar-refractivity contribution in [3.05, 3.63) is 54.0 Å². The molecule has 0 saturated heterocycles. The van der Waals surface area contributed by atoms with Crippen LogP contribution in [-0.2, 0) is 4.79 Å². The molecular weight excluding hydrogens is 286 g/mol. The Balaban J connectivity index is 2.09. The minimum absolute atomic E-state index is 0.199. The molecule has 0 fully saturated rings. The number of carboxylic acids is 1. The number of benzene rings is 1. The maximum absolute atomic E-state index is 12.2. The van der Waals surface area contributed by atoms with Crippen LogP contribution in [0.3, 0.4) is 0 Å². The average molecular weight is 303 g/mol. The highest BCUT2D eigenvalue weighted by Gasteiger charge is 2.36. The number of carbonyl (C=O) groups excluding carboxylic acids is 1. The number of ether oxygens (including phenoxy) is 1. The third-order valence-corrected chi connectivity index (χ3v) is 3.24. The van der Waals surface area contributed by atoms with Crippen LogP contribution in [0.1, 0.15) is 23.0 Å². The molecule has 6 nitrogen and oxygen atoms in total. The summed E-state index contributed by atoms with van der Waals surface area (Å²) in [4.78, 5) is 23.7. The van der Waals surface area contributed by atoms with Crippen LogP contribution in [0.5, 0.6) is 5.75 Å². The van der Waals surface area contributed by atoms with E-state index in [9.17, 15) is 14.7 Å². The van der Waals surface area contributed by atoms with Gasteiger partial charge in [-0.25, -0.2) is 4.79 Å².